The van der Waals surface area contributed by atoms with Gasteiger partial charge in [-0.15, -0.1) is 0 Å². The summed E-state index contributed by atoms with van der Waals surface area (Å²) in [5, 5.41) is 0.878. The largest absolute Gasteiger partial charge is 0.319 e. The van der Waals surface area contributed by atoms with Gasteiger partial charge in [-0.25, -0.2) is 4.98 Å². The van der Waals surface area contributed by atoms with Crippen molar-refractivity contribution >= 4 is 27.6 Å². The SMILES string of the molecule is O=c1[nH]c2cnccc2c2nc3cnccn3c12. The molecule has 1 N–H and O–H groups in total. The third kappa shape index (κ3) is 1.06. The highest BCUT2D eigenvalue weighted by Crippen LogP contribution is 2.20. The van der Waals surface area contributed by atoms with Crippen LogP contribution in [0.2, 0.25) is 0 Å². The summed E-state index contributed by atoms with van der Waals surface area (Å²) in [5.41, 5.74) is 2.37. The van der Waals surface area contributed by atoms with Crippen LogP contribution in [-0.2, 0) is 0 Å². The molecule has 18 heavy (non-hydrogen) atoms. The van der Waals surface area contributed by atoms with Crippen LogP contribution < -0.4 is 5.56 Å². The van der Waals surface area contributed by atoms with Crippen molar-refractivity contribution in [2.45, 2.75) is 0 Å². The number of hydrogen-bond acceptors (Lipinski definition) is 4. The molecule has 86 valence electrons. The van der Waals surface area contributed by atoms with Crippen molar-refractivity contribution in [3.63, 3.8) is 0 Å². The van der Waals surface area contributed by atoms with E-state index in [0.717, 1.165) is 5.39 Å². The molecule has 4 rings (SSSR count). The van der Waals surface area contributed by atoms with E-state index in [1.165, 1.54) is 0 Å². The molecule has 0 radical (unpaired) electrons. The Morgan fingerprint density at radius 3 is 3.00 bits per heavy atom. The maximum absolute atomic E-state index is 12.1. The van der Waals surface area contributed by atoms with Crippen molar-refractivity contribution < 1.29 is 0 Å². The standard InChI is InChI=1S/C12H7N5O/c18-12-11-10(7-1-2-13-5-8(7)15-12)16-9-6-14-3-4-17(9)11/h1-6H,(H,15,18). The lowest BCUT2D eigenvalue weighted by Gasteiger charge is -1.97. The smallest absolute Gasteiger partial charge is 0.275 e. The molecular formula is C12H7N5O. The summed E-state index contributed by atoms with van der Waals surface area (Å²) in [6, 6.07) is 1.84. The molecular weight excluding hydrogens is 230 g/mol. The number of nitrogens with zero attached hydrogens (tertiary/aromatic N) is 4. The maximum atomic E-state index is 12.1. The summed E-state index contributed by atoms with van der Waals surface area (Å²) in [6.07, 6.45) is 8.30. The van der Waals surface area contributed by atoms with E-state index in [0.29, 0.717) is 22.2 Å². The maximum Gasteiger partial charge on any atom is 0.275 e. The molecule has 0 aromatic carbocycles. The zero-order valence-electron chi connectivity index (χ0n) is 9.16. The molecule has 4 aromatic heterocycles. The Balaban J connectivity index is 2.42. The van der Waals surface area contributed by atoms with Crippen molar-refractivity contribution in [1.82, 2.24) is 24.3 Å². The lowest BCUT2D eigenvalue weighted by atomic mass is 10.2. The highest BCUT2D eigenvalue weighted by atomic mass is 16.1. The topological polar surface area (TPSA) is 75.9 Å². The summed E-state index contributed by atoms with van der Waals surface area (Å²) in [5.74, 6) is 0. The third-order valence-electron chi connectivity index (χ3n) is 2.97. The Labute approximate surface area is 100.0 Å². The number of aromatic amines is 1. The number of fused-ring (bicyclic) bond motifs is 5. The summed E-state index contributed by atoms with van der Waals surface area (Å²) in [4.78, 5) is 27.4. The van der Waals surface area contributed by atoms with Gasteiger partial charge < -0.3 is 4.98 Å². The fourth-order valence-corrected chi connectivity index (χ4v) is 2.19. The van der Waals surface area contributed by atoms with Gasteiger partial charge in [0.25, 0.3) is 5.56 Å². The Kier molecular flexibility index (Phi) is 1.62. The van der Waals surface area contributed by atoms with Gasteiger partial charge in [0.1, 0.15) is 11.0 Å². The summed E-state index contributed by atoms with van der Waals surface area (Å²) >= 11 is 0. The van der Waals surface area contributed by atoms with Gasteiger partial charge in [0.2, 0.25) is 0 Å². The van der Waals surface area contributed by atoms with Crippen molar-refractivity contribution in [2.75, 3.05) is 0 Å². The number of hydrogen-bond donors (Lipinski definition) is 1. The fraction of sp³-hybridized carbons (Fsp3) is 0. The van der Waals surface area contributed by atoms with E-state index >= 15 is 0 Å². The van der Waals surface area contributed by atoms with Gasteiger partial charge in [0, 0.05) is 24.0 Å². The molecule has 0 spiro atoms. The molecule has 0 bridgehead atoms. The van der Waals surface area contributed by atoms with Crippen molar-refractivity contribution in [1.29, 1.82) is 0 Å². The lowest BCUT2D eigenvalue weighted by molar-refractivity contribution is 1.14. The van der Waals surface area contributed by atoms with Crippen LogP contribution in [0, 0.1) is 0 Å². The second-order valence-electron chi connectivity index (χ2n) is 3.99. The number of imidazole rings is 1. The first kappa shape index (κ1) is 9.29. The predicted molar refractivity (Wildman–Crippen MR) is 66.4 cm³/mol. The summed E-state index contributed by atoms with van der Waals surface area (Å²) < 4.78 is 1.74. The van der Waals surface area contributed by atoms with Gasteiger partial charge in [-0.05, 0) is 6.07 Å². The molecule has 4 aromatic rings. The van der Waals surface area contributed by atoms with E-state index in [4.69, 9.17) is 0 Å². The number of aromatic nitrogens is 5. The number of H-pyrrole nitrogens is 1. The first-order valence-corrected chi connectivity index (χ1v) is 5.42. The van der Waals surface area contributed by atoms with E-state index < -0.39 is 0 Å². The molecule has 0 saturated carbocycles. The fourth-order valence-electron chi connectivity index (χ4n) is 2.19. The van der Waals surface area contributed by atoms with Crippen LogP contribution in [0.4, 0.5) is 0 Å². The molecule has 0 unspecified atom stereocenters. The Morgan fingerprint density at radius 1 is 1.17 bits per heavy atom. The van der Waals surface area contributed by atoms with Crippen LogP contribution in [0.15, 0.2) is 41.8 Å². The highest BCUT2D eigenvalue weighted by Gasteiger charge is 2.11. The zero-order chi connectivity index (χ0) is 12.1. The molecule has 0 aliphatic rings. The third-order valence-corrected chi connectivity index (χ3v) is 2.97. The average Bonchev–Trinajstić information content (AvgIpc) is 2.79. The minimum absolute atomic E-state index is 0.177. The monoisotopic (exact) mass is 237 g/mol. The first-order valence-electron chi connectivity index (χ1n) is 5.42. The van der Waals surface area contributed by atoms with Crippen LogP contribution in [0.5, 0.6) is 0 Å². The minimum atomic E-state index is -0.177. The van der Waals surface area contributed by atoms with Crippen molar-refractivity contribution in [3.8, 4) is 0 Å². The molecule has 4 heterocycles. The zero-order valence-corrected chi connectivity index (χ0v) is 9.16. The van der Waals surface area contributed by atoms with Gasteiger partial charge in [0.15, 0.2) is 5.65 Å². The van der Waals surface area contributed by atoms with Crippen LogP contribution in [0.3, 0.4) is 0 Å². The van der Waals surface area contributed by atoms with Crippen LogP contribution in [-0.4, -0.2) is 24.3 Å². The second-order valence-corrected chi connectivity index (χ2v) is 3.99. The summed E-state index contributed by atoms with van der Waals surface area (Å²) in [6.45, 7) is 0. The molecule has 0 fully saturated rings. The van der Waals surface area contributed by atoms with Crippen LogP contribution in [0.1, 0.15) is 0 Å². The molecule has 6 heteroatoms. The van der Waals surface area contributed by atoms with E-state index in [2.05, 4.69) is 19.9 Å². The molecule has 0 amide bonds. The predicted octanol–water partition coefficient (Wildman–Crippen LogP) is 1.12. The Bertz CT molecular complexity index is 953. The molecule has 0 aliphatic heterocycles. The first-order chi connectivity index (χ1) is 8.84. The number of rotatable bonds is 0. The van der Waals surface area contributed by atoms with Gasteiger partial charge in [-0.2, -0.15) is 0 Å². The molecule has 6 nitrogen and oxygen atoms in total. The van der Waals surface area contributed by atoms with Gasteiger partial charge in [-0.3, -0.25) is 19.2 Å². The summed E-state index contributed by atoms with van der Waals surface area (Å²) in [7, 11) is 0. The van der Waals surface area contributed by atoms with Gasteiger partial charge in [-0.1, -0.05) is 0 Å². The molecule has 0 atom stereocenters. The number of pyridine rings is 2. The van der Waals surface area contributed by atoms with E-state index in [9.17, 15) is 4.79 Å². The second kappa shape index (κ2) is 3.13. The van der Waals surface area contributed by atoms with Gasteiger partial charge in [0.05, 0.1) is 17.9 Å². The number of nitrogens with one attached hydrogen (secondary N) is 1. The normalized spacial score (nSPS) is 11.6. The van der Waals surface area contributed by atoms with E-state index in [1.807, 2.05) is 6.07 Å². The van der Waals surface area contributed by atoms with E-state index in [1.54, 1.807) is 35.4 Å². The van der Waals surface area contributed by atoms with Crippen LogP contribution >= 0.6 is 0 Å². The minimum Gasteiger partial charge on any atom is -0.319 e. The van der Waals surface area contributed by atoms with Crippen molar-refractivity contribution in [3.05, 3.63) is 47.4 Å². The van der Waals surface area contributed by atoms with Crippen LogP contribution in [0.25, 0.3) is 27.6 Å². The lowest BCUT2D eigenvalue weighted by Crippen LogP contribution is -2.08. The Morgan fingerprint density at radius 2 is 2.06 bits per heavy atom. The highest BCUT2D eigenvalue weighted by molar-refractivity contribution is 6.02. The molecule has 0 aliphatic carbocycles. The average molecular weight is 237 g/mol. The van der Waals surface area contributed by atoms with Crippen molar-refractivity contribution in [2.24, 2.45) is 0 Å². The quantitative estimate of drug-likeness (QED) is 0.497. The van der Waals surface area contributed by atoms with Gasteiger partial charge >= 0.3 is 0 Å². The Hall–Kier alpha value is -2.76. The van der Waals surface area contributed by atoms with E-state index in [-0.39, 0.29) is 5.56 Å². The molecule has 0 saturated heterocycles.